The third-order valence-electron chi connectivity index (χ3n) is 3.28. The van der Waals surface area contributed by atoms with E-state index in [1.54, 1.807) is 5.56 Å². The second kappa shape index (κ2) is 4.52. The minimum Gasteiger partial charge on any atom is -0.377 e. The van der Waals surface area contributed by atoms with Crippen LogP contribution in [0, 0.1) is 0 Å². The number of aryl methyl sites for hydroxylation is 1. The van der Waals surface area contributed by atoms with E-state index in [0.717, 1.165) is 0 Å². The van der Waals surface area contributed by atoms with Crippen LogP contribution in [-0.2, 0) is 12.8 Å². The average Bonchev–Trinajstić information content (AvgIpc) is 2.29. The molecule has 1 nitrogen and oxygen atoms in total. The molecule has 1 unspecified atom stereocenters. The highest BCUT2D eigenvalue weighted by atomic mass is 15.1. The summed E-state index contributed by atoms with van der Waals surface area (Å²) in [6.07, 6.45) is 7.98. The molecule has 15 heavy (non-hydrogen) atoms. The Balaban J connectivity index is 2.11. The molecule has 0 saturated heterocycles. The molecular formula is C14H19N. The van der Waals surface area contributed by atoms with Crippen molar-refractivity contribution in [1.82, 2.24) is 4.90 Å². The highest BCUT2D eigenvalue weighted by molar-refractivity contribution is 5.30. The first-order valence-electron chi connectivity index (χ1n) is 5.73. The Kier molecular flexibility index (Phi) is 3.10. The molecule has 0 aliphatic heterocycles. The number of rotatable bonds is 2. The first-order chi connectivity index (χ1) is 7.31. The number of benzene rings is 1. The third-order valence-corrected chi connectivity index (χ3v) is 3.28. The van der Waals surface area contributed by atoms with Gasteiger partial charge in [0.05, 0.1) is 0 Å². The lowest BCUT2D eigenvalue weighted by Gasteiger charge is -2.31. The van der Waals surface area contributed by atoms with E-state index in [-0.39, 0.29) is 0 Å². The van der Waals surface area contributed by atoms with Crippen molar-refractivity contribution in [2.75, 3.05) is 7.05 Å². The second-order valence-electron chi connectivity index (χ2n) is 4.31. The Morgan fingerprint density at radius 2 is 2.00 bits per heavy atom. The zero-order chi connectivity index (χ0) is 10.7. The summed E-state index contributed by atoms with van der Waals surface area (Å²) >= 11 is 0. The molecule has 0 aromatic heterocycles. The molecule has 1 aromatic carbocycles. The zero-order valence-electron chi connectivity index (χ0n) is 9.61. The van der Waals surface area contributed by atoms with Gasteiger partial charge in [-0.2, -0.15) is 0 Å². The molecule has 0 saturated carbocycles. The fourth-order valence-corrected chi connectivity index (χ4v) is 2.38. The minimum absolute atomic E-state index is 0.677. The Morgan fingerprint density at radius 1 is 1.27 bits per heavy atom. The largest absolute Gasteiger partial charge is 0.377 e. The molecule has 1 aromatic rings. The Labute approximate surface area is 92.4 Å². The van der Waals surface area contributed by atoms with Crippen LogP contribution in [0.25, 0.3) is 0 Å². The summed E-state index contributed by atoms with van der Waals surface area (Å²) in [5.74, 6) is 0. The molecule has 1 atom stereocenters. The van der Waals surface area contributed by atoms with E-state index in [0.29, 0.717) is 6.04 Å². The van der Waals surface area contributed by atoms with Gasteiger partial charge in [-0.05, 0) is 43.5 Å². The van der Waals surface area contributed by atoms with Crippen molar-refractivity contribution < 1.29 is 0 Å². The maximum atomic E-state index is 2.34. The zero-order valence-corrected chi connectivity index (χ0v) is 9.61. The van der Waals surface area contributed by atoms with E-state index in [2.05, 4.69) is 55.4 Å². The van der Waals surface area contributed by atoms with Gasteiger partial charge in [-0.1, -0.05) is 30.3 Å². The Morgan fingerprint density at radius 3 is 2.73 bits per heavy atom. The molecule has 80 valence electrons. The lowest BCUT2D eigenvalue weighted by molar-refractivity contribution is 0.299. The van der Waals surface area contributed by atoms with Gasteiger partial charge in [-0.25, -0.2) is 0 Å². The van der Waals surface area contributed by atoms with Crippen LogP contribution in [0.2, 0.25) is 0 Å². The Hall–Kier alpha value is -1.24. The molecule has 1 heteroatoms. The van der Waals surface area contributed by atoms with Crippen LogP contribution >= 0.6 is 0 Å². The molecule has 0 fully saturated rings. The minimum atomic E-state index is 0.677. The molecule has 1 aliphatic carbocycles. The molecule has 0 amide bonds. The van der Waals surface area contributed by atoms with Gasteiger partial charge in [0, 0.05) is 13.1 Å². The SMILES string of the molecule is C/C=C/N(C)C1CCc2ccccc2C1. The lowest BCUT2D eigenvalue weighted by atomic mass is 9.88. The summed E-state index contributed by atoms with van der Waals surface area (Å²) in [6, 6.07) is 9.51. The van der Waals surface area contributed by atoms with Crippen molar-refractivity contribution in [3.8, 4) is 0 Å². The number of allylic oxidation sites excluding steroid dienone is 1. The topological polar surface area (TPSA) is 3.24 Å². The van der Waals surface area contributed by atoms with Crippen molar-refractivity contribution in [2.45, 2.75) is 32.2 Å². The molecular weight excluding hydrogens is 182 g/mol. The molecule has 0 bridgehead atoms. The number of hydrogen-bond donors (Lipinski definition) is 0. The lowest BCUT2D eigenvalue weighted by Crippen LogP contribution is -2.32. The Bertz CT molecular complexity index is 354. The second-order valence-corrected chi connectivity index (χ2v) is 4.31. The smallest absolute Gasteiger partial charge is 0.0324 e. The van der Waals surface area contributed by atoms with Gasteiger partial charge in [0.1, 0.15) is 0 Å². The fraction of sp³-hybridized carbons (Fsp3) is 0.429. The van der Waals surface area contributed by atoms with E-state index in [9.17, 15) is 0 Å². The quantitative estimate of drug-likeness (QED) is 0.711. The van der Waals surface area contributed by atoms with Gasteiger partial charge in [0.15, 0.2) is 0 Å². The van der Waals surface area contributed by atoms with E-state index in [1.807, 2.05) is 0 Å². The summed E-state index contributed by atoms with van der Waals surface area (Å²) in [6.45, 7) is 2.08. The molecule has 0 N–H and O–H groups in total. The van der Waals surface area contributed by atoms with Gasteiger partial charge in [0.25, 0.3) is 0 Å². The maximum absolute atomic E-state index is 2.34. The van der Waals surface area contributed by atoms with Crippen LogP contribution in [0.4, 0.5) is 0 Å². The molecule has 0 radical (unpaired) electrons. The molecule has 2 rings (SSSR count). The van der Waals surface area contributed by atoms with Gasteiger partial charge in [0.2, 0.25) is 0 Å². The highest BCUT2D eigenvalue weighted by Crippen LogP contribution is 2.23. The van der Waals surface area contributed by atoms with E-state index >= 15 is 0 Å². The van der Waals surface area contributed by atoms with E-state index in [1.165, 1.54) is 24.8 Å². The third kappa shape index (κ3) is 2.23. The summed E-state index contributed by atoms with van der Waals surface area (Å²) in [5.41, 5.74) is 3.08. The summed E-state index contributed by atoms with van der Waals surface area (Å²) in [7, 11) is 2.18. The van der Waals surface area contributed by atoms with E-state index in [4.69, 9.17) is 0 Å². The highest BCUT2D eigenvalue weighted by Gasteiger charge is 2.19. The predicted molar refractivity (Wildman–Crippen MR) is 64.8 cm³/mol. The van der Waals surface area contributed by atoms with Crippen LogP contribution in [0.5, 0.6) is 0 Å². The number of hydrogen-bond acceptors (Lipinski definition) is 1. The van der Waals surface area contributed by atoms with Crippen molar-refractivity contribution in [1.29, 1.82) is 0 Å². The summed E-state index contributed by atoms with van der Waals surface area (Å²) in [4.78, 5) is 2.34. The summed E-state index contributed by atoms with van der Waals surface area (Å²) < 4.78 is 0. The molecule has 0 spiro atoms. The van der Waals surface area contributed by atoms with Crippen LogP contribution in [-0.4, -0.2) is 18.0 Å². The van der Waals surface area contributed by atoms with E-state index < -0.39 is 0 Å². The van der Waals surface area contributed by atoms with Gasteiger partial charge in [-0.15, -0.1) is 0 Å². The van der Waals surface area contributed by atoms with Crippen LogP contribution < -0.4 is 0 Å². The van der Waals surface area contributed by atoms with Crippen molar-refractivity contribution in [3.05, 3.63) is 47.7 Å². The van der Waals surface area contributed by atoms with Gasteiger partial charge < -0.3 is 4.90 Å². The molecule has 1 aliphatic rings. The first kappa shape index (κ1) is 10.3. The van der Waals surface area contributed by atoms with Crippen molar-refractivity contribution in [2.24, 2.45) is 0 Å². The standard InChI is InChI=1S/C14H19N/c1-3-10-15(2)14-9-8-12-6-4-5-7-13(12)11-14/h3-7,10,14H,8-9,11H2,1-2H3/b10-3+. The van der Waals surface area contributed by atoms with Gasteiger partial charge in [-0.3, -0.25) is 0 Å². The average molecular weight is 201 g/mol. The van der Waals surface area contributed by atoms with Crippen molar-refractivity contribution in [3.63, 3.8) is 0 Å². The normalized spacial score (nSPS) is 20.3. The number of fused-ring (bicyclic) bond motifs is 1. The van der Waals surface area contributed by atoms with Crippen LogP contribution in [0.1, 0.15) is 24.5 Å². The first-order valence-corrected chi connectivity index (χ1v) is 5.73. The van der Waals surface area contributed by atoms with Crippen molar-refractivity contribution >= 4 is 0 Å². The molecule has 0 heterocycles. The number of nitrogens with zero attached hydrogens (tertiary/aromatic N) is 1. The maximum Gasteiger partial charge on any atom is 0.0324 e. The predicted octanol–water partition coefficient (Wildman–Crippen LogP) is 3.01. The monoisotopic (exact) mass is 201 g/mol. The van der Waals surface area contributed by atoms with Gasteiger partial charge >= 0.3 is 0 Å². The van der Waals surface area contributed by atoms with Crippen LogP contribution in [0.15, 0.2) is 36.5 Å². The van der Waals surface area contributed by atoms with Crippen LogP contribution in [0.3, 0.4) is 0 Å². The number of likely N-dealkylation sites (N-methyl/N-ethyl adjacent to an activating group) is 1. The summed E-state index contributed by atoms with van der Waals surface area (Å²) in [5, 5.41) is 0. The fourth-order valence-electron chi connectivity index (χ4n) is 2.38.